The van der Waals surface area contributed by atoms with Gasteiger partial charge in [0.2, 0.25) is 0 Å². The van der Waals surface area contributed by atoms with Crippen LogP contribution in [0.15, 0.2) is 24.3 Å². The lowest BCUT2D eigenvalue weighted by atomic mass is 10.0. The fourth-order valence-corrected chi connectivity index (χ4v) is 2.14. The largest absolute Gasteiger partial charge is 0.389 e. The molecule has 3 nitrogen and oxygen atoms in total. The van der Waals surface area contributed by atoms with Gasteiger partial charge in [-0.2, -0.15) is 0 Å². The molecule has 0 saturated heterocycles. The number of hydrogen-bond donors (Lipinski definition) is 2. The lowest BCUT2D eigenvalue weighted by Gasteiger charge is -2.32. The molecule has 0 bridgehead atoms. The zero-order valence-corrected chi connectivity index (χ0v) is 12.0. The van der Waals surface area contributed by atoms with E-state index in [-0.39, 0.29) is 6.04 Å². The van der Waals surface area contributed by atoms with Crippen molar-refractivity contribution in [3.63, 3.8) is 0 Å². The van der Waals surface area contributed by atoms with Crippen LogP contribution >= 0.6 is 0 Å². The molecule has 0 heterocycles. The summed E-state index contributed by atoms with van der Waals surface area (Å²) in [4.78, 5) is 2.19. The van der Waals surface area contributed by atoms with Crippen LogP contribution in [0, 0.1) is 0 Å². The van der Waals surface area contributed by atoms with Crippen LogP contribution in [-0.2, 0) is 0 Å². The van der Waals surface area contributed by atoms with Crippen molar-refractivity contribution in [1.82, 2.24) is 0 Å². The SMILES string of the molecule is CC[C@H](N)c1ccccc1N(CC)CC(C)(C)O. The molecule has 3 N–H and O–H groups in total. The van der Waals surface area contributed by atoms with E-state index in [0.717, 1.165) is 24.2 Å². The van der Waals surface area contributed by atoms with Crippen molar-refractivity contribution < 1.29 is 5.11 Å². The Balaban J connectivity index is 3.05. The van der Waals surface area contributed by atoms with Gasteiger partial charge in [-0.15, -0.1) is 0 Å². The summed E-state index contributed by atoms with van der Waals surface area (Å²) in [6.07, 6.45) is 0.914. The van der Waals surface area contributed by atoms with Crippen molar-refractivity contribution >= 4 is 5.69 Å². The zero-order valence-electron chi connectivity index (χ0n) is 12.0. The molecular weight excluding hydrogens is 224 g/mol. The van der Waals surface area contributed by atoms with Crippen LogP contribution in [0.25, 0.3) is 0 Å². The molecule has 0 radical (unpaired) electrons. The minimum atomic E-state index is -0.709. The van der Waals surface area contributed by atoms with Gasteiger partial charge in [0.25, 0.3) is 0 Å². The standard InChI is InChI=1S/C15H26N2O/c1-5-13(16)12-9-7-8-10-14(12)17(6-2)11-15(3,4)18/h7-10,13,18H,5-6,11,16H2,1-4H3/t13-/m0/s1. The molecule has 102 valence electrons. The van der Waals surface area contributed by atoms with Crippen LogP contribution < -0.4 is 10.6 Å². The highest BCUT2D eigenvalue weighted by Gasteiger charge is 2.20. The van der Waals surface area contributed by atoms with Crippen molar-refractivity contribution in [3.8, 4) is 0 Å². The predicted octanol–water partition coefficient (Wildman–Crippen LogP) is 2.69. The van der Waals surface area contributed by atoms with Gasteiger partial charge in [0.15, 0.2) is 0 Å². The molecule has 1 aromatic rings. The Hall–Kier alpha value is -1.06. The molecule has 0 aromatic heterocycles. The van der Waals surface area contributed by atoms with Gasteiger partial charge in [-0.05, 0) is 38.8 Å². The van der Waals surface area contributed by atoms with E-state index in [9.17, 15) is 5.11 Å². The van der Waals surface area contributed by atoms with Crippen LogP contribution in [0.3, 0.4) is 0 Å². The van der Waals surface area contributed by atoms with Crippen molar-refractivity contribution in [1.29, 1.82) is 0 Å². The normalized spacial score (nSPS) is 13.4. The van der Waals surface area contributed by atoms with E-state index in [0.29, 0.717) is 6.54 Å². The van der Waals surface area contributed by atoms with Crippen LogP contribution in [0.4, 0.5) is 5.69 Å². The third-order valence-electron chi connectivity index (χ3n) is 3.08. The molecule has 0 fully saturated rings. The molecule has 0 aliphatic carbocycles. The fraction of sp³-hybridized carbons (Fsp3) is 0.600. The lowest BCUT2D eigenvalue weighted by Crippen LogP contribution is -2.39. The maximum atomic E-state index is 9.99. The number of nitrogens with zero attached hydrogens (tertiary/aromatic N) is 1. The topological polar surface area (TPSA) is 49.5 Å². The van der Waals surface area contributed by atoms with Gasteiger partial charge in [-0.25, -0.2) is 0 Å². The van der Waals surface area contributed by atoms with Gasteiger partial charge in [0, 0.05) is 24.8 Å². The number of likely N-dealkylation sites (N-methyl/N-ethyl adjacent to an activating group) is 1. The Morgan fingerprint density at radius 2 is 1.89 bits per heavy atom. The molecule has 0 spiro atoms. The predicted molar refractivity (Wildman–Crippen MR) is 77.8 cm³/mol. The van der Waals surface area contributed by atoms with E-state index < -0.39 is 5.60 Å². The summed E-state index contributed by atoms with van der Waals surface area (Å²) < 4.78 is 0. The number of para-hydroxylation sites is 1. The van der Waals surface area contributed by atoms with Gasteiger partial charge in [-0.1, -0.05) is 25.1 Å². The van der Waals surface area contributed by atoms with Gasteiger partial charge in [0.05, 0.1) is 5.60 Å². The maximum absolute atomic E-state index is 9.99. The summed E-state index contributed by atoms with van der Waals surface area (Å²) in [5, 5.41) is 9.99. The second-order valence-corrected chi connectivity index (χ2v) is 5.40. The molecule has 1 rings (SSSR count). The number of anilines is 1. The molecule has 0 saturated carbocycles. The van der Waals surface area contributed by atoms with E-state index in [1.165, 1.54) is 0 Å². The van der Waals surface area contributed by atoms with E-state index in [2.05, 4.69) is 30.9 Å². The summed E-state index contributed by atoms with van der Waals surface area (Å²) in [6, 6.07) is 8.26. The van der Waals surface area contributed by atoms with E-state index >= 15 is 0 Å². The average Bonchev–Trinajstić information content (AvgIpc) is 2.34. The monoisotopic (exact) mass is 250 g/mol. The Morgan fingerprint density at radius 1 is 1.28 bits per heavy atom. The molecule has 0 aliphatic heterocycles. The molecule has 1 atom stereocenters. The zero-order chi connectivity index (χ0) is 13.8. The molecule has 18 heavy (non-hydrogen) atoms. The fourth-order valence-electron chi connectivity index (χ4n) is 2.14. The second kappa shape index (κ2) is 6.21. The molecule has 0 amide bonds. The quantitative estimate of drug-likeness (QED) is 0.816. The first-order chi connectivity index (χ1) is 8.39. The van der Waals surface area contributed by atoms with E-state index in [4.69, 9.17) is 5.73 Å². The van der Waals surface area contributed by atoms with Gasteiger partial charge in [-0.3, -0.25) is 0 Å². The molecule has 1 aromatic carbocycles. The number of rotatable bonds is 6. The summed E-state index contributed by atoms with van der Waals surface area (Å²) in [5.74, 6) is 0. The summed E-state index contributed by atoms with van der Waals surface area (Å²) in [6.45, 7) is 9.32. The minimum Gasteiger partial charge on any atom is -0.389 e. The second-order valence-electron chi connectivity index (χ2n) is 5.40. The number of hydrogen-bond acceptors (Lipinski definition) is 3. The third kappa shape index (κ3) is 4.00. The molecule has 0 unspecified atom stereocenters. The van der Waals surface area contributed by atoms with Crippen molar-refractivity contribution in [2.45, 2.75) is 45.8 Å². The Morgan fingerprint density at radius 3 is 2.39 bits per heavy atom. The van der Waals surface area contributed by atoms with E-state index in [1.54, 1.807) is 0 Å². The van der Waals surface area contributed by atoms with Crippen LogP contribution in [0.1, 0.15) is 45.7 Å². The minimum absolute atomic E-state index is 0.0528. The number of nitrogens with two attached hydrogens (primary N) is 1. The first-order valence-electron chi connectivity index (χ1n) is 6.71. The summed E-state index contributed by atoms with van der Waals surface area (Å²) in [7, 11) is 0. The molecule has 0 aliphatic rings. The van der Waals surface area contributed by atoms with Crippen LogP contribution in [-0.4, -0.2) is 23.8 Å². The van der Waals surface area contributed by atoms with Gasteiger partial charge >= 0.3 is 0 Å². The number of aliphatic hydroxyl groups is 1. The average molecular weight is 250 g/mol. The van der Waals surface area contributed by atoms with Crippen molar-refractivity contribution in [2.75, 3.05) is 18.0 Å². The van der Waals surface area contributed by atoms with Gasteiger partial charge in [0.1, 0.15) is 0 Å². The lowest BCUT2D eigenvalue weighted by molar-refractivity contribution is 0.0875. The van der Waals surface area contributed by atoms with Crippen LogP contribution in [0.5, 0.6) is 0 Å². The highest BCUT2D eigenvalue weighted by Crippen LogP contribution is 2.27. The Bertz CT molecular complexity index is 371. The third-order valence-corrected chi connectivity index (χ3v) is 3.08. The summed E-state index contributed by atoms with van der Waals surface area (Å²) >= 11 is 0. The Labute approximate surface area is 111 Å². The summed E-state index contributed by atoms with van der Waals surface area (Å²) in [5.41, 5.74) is 7.75. The first-order valence-corrected chi connectivity index (χ1v) is 6.71. The molecular formula is C15H26N2O. The van der Waals surface area contributed by atoms with E-state index in [1.807, 2.05) is 26.0 Å². The highest BCUT2D eigenvalue weighted by molar-refractivity contribution is 5.55. The van der Waals surface area contributed by atoms with Crippen molar-refractivity contribution in [2.24, 2.45) is 5.73 Å². The first kappa shape index (κ1) is 15.0. The van der Waals surface area contributed by atoms with Crippen molar-refractivity contribution in [3.05, 3.63) is 29.8 Å². The highest BCUT2D eigenvalue weighted by atomic mass is 16.3. The number of benzene rings is 1. The smallest absolute Gasteiger partial charge is 0.0765 e. The Kier molecular flexibility index (Phi) is 5.17. The van der Waals surface area contributed by atoms with Gasteiger partial charge < -0.3 is 15.7 Å². The van der Waals surface area contributed by atoms with Crippen LogP contribution in [0.2, 0.25) is 0 Å². The maximum Gasteiger partial charge on any atom is 0.0765 e. The molecule has 3 heteroatoms.